The molecule has 3 N–H and O–H groups in total. The van der Waals surface area contributed by atoms with Crippen LogP contribution in [0.1, 0.15) is 16.5 Å². The number of nitrogens with two attached hydrogens (primary N) is 1. The minimum absolute atomic E-state index is 0.0487. The van der Waals surface area contributed by atoms with E-state index in [1.807, 2.05) is 6.07 Å². The highest BCUT2D eigenvalue weighted by molar-refractivity contribution is 7.05. The van der Waals surface area contributed by atoms with Crippen molar-refractivity contribution < 1.29 is 4.42 Å². The Morgan fingerprint density at radius 1 is 1.64 bits per heavy atom. The van der Waals surface area contributed by atoms with E-state index in [4.69, 9.17) is 10.3 Å². The fraction of sp³-hybridized carbons (Fsp3) is 0.250. The summed E-state index contributed by atoms with van der Waals surface area (Å²) in [5.41, 5.74) is 3.83. The Kier molecular flexibility index (Phi) is 2.87. The zero-order valence-corrected chi connectivity index (χ0v) is 8.20. The highest BCUT2D eigenvalue weighted by Crippen LogP contribution is 2.19. The van der Waals surface area contributed by atoms with Crippen LogP contribution in [0.2, 0.25) is 0 Å². The van der Waals surface area contributed by atoms with E-state index in [0.717, 1.165) is 16.9 Å². The lowest BCUT2D eigenvalue weighted by atomic mass is 10.1. The van der Waals surface area contributed by atoms with E-state index in [-0.39, 0.29) is 6.04 Å². The Bertz CT molecular complexity index is 359. The molecule has 0 spiro atoms. The van der Waals surface area contributed by atoms with E-state index in [1.54, 1.807) is 18.7 Å². The van der Waals surface area contributed by atoms with Crippen LogP contribution in [0.3, 0.4) is 0 Å². The molecule has 2 aromatic rings. The number of hydrogen-bond donors (Lipinski definition) is 2. The predicted octanol–water partition coefficient (Wildman–Crippen LogP) is 0.878. The van der Waals surface area contributed by atoms with Crippen molar-refractivity contribution in [3.8, 4) is 0 Å². The molecule has 74 valence electrons. The van der Waals surface area contributed by atoms with Crippen LogP contribution in [-0.2, 0) is 6.42 Å². The molecule has 1 atom stereocenters. The van der Waals surface area contributed by atoms with Crippen LogP contribution in [0, 0.1) is 0 Å². The van der Waals surface area contributed by atoms with Gasteiger partial charge >= 0.3 is 0 Å². The van der Waals surface area contributed by atoms with Crippen molar-refractivity contribution in [3.05, 3.63) is 35.2 Å². The van der Waals surface area contributed by atoms with Crippen molar-refractivity contribution in [1.29, 1.82) is 0 Å². The number of hydrogen-bond acceptors (Lipinski definition) is 6. The molecule has 0 aromatic carbocycles. The van der Waals surface area contributed by atoms with Gasteiger partial charge in [-0.3, -0.25) is 11.3 Å². The molecule has 5 nitrogen and oxygen atoms in total. The number of hydrazine groups is 1. The molecule has 0 radical (unpaired) electrons. The zero-order chi connectivity index (χ0) is 9.80. The quantitative estimate of drug-likeness (QED) is 0.578. The molecule has 0 saturated carbocycles. The van der Waals surface area contributed by atoms with Crippen molar-refractivity contribution in [2.75, 3.05) is 0 Å². The summed E-state index contributed by atoms with van der Waals surface area (Å²) < 4.78 is 8.77. The van der Waals surface area contributed by atoms with Gasteiger partial charge in [-0.2, -0.15) is 0 Å². The monoisotopic (exact) mass is 210 g/mol. The third kappa shape index (κ3) is 1.98. The molecular weight excluding hydrogens is 200 g/mol. The van der Waals surface area contributed by atoms with Crippen molar-refractivity contribution >= 4 is 11.5 Å². The summed E-state index contributed by atoms with van der Waals surface area (Å²) >= 11 is 1.34. The van der Waals surface area contributed by atoms with E-state index in [2.05, 4.69) is 15.0 Å². The predicted molar refractivity (Wildman–Crippen MR) is 52.4 cm³/mol. The summed E-state index contributed by atoms with van der Waals surface area (Å²) in [5, 5.41) is 3.77. The van der Waals surface area contributed by atoms with Crippen LogP contribution in [-0.4, -0.2) is 9.59 Å². The third-order valence-corrected chi connectivity index (χ3v) is 2.72. The normalized spacial score (nSPS) is 12.9. The van der Waals surface area contributed by atoms with Gasteiger partial charge in [-0.15, -0.1) is 5.10 Å². The van der Waals surface area contributed by atoms with E-state index in [0.29, 0.717) is 0 Å². The van der Waals surface area contributed by atoms with E-state index < -0.39 is 0 Å². The largest absolute Gasteiger partial charge is 0.472 e. The molecule has 6 heteroatoms. The number of nitrogens with one attached hydrogen (secondary N) is 1. The Labute approximate surface area is 85.1 Å². The second-order valence-electron chi connectivity index (χ2n) is 2.87. The van der Waals surface area contributed by atoms with Crippen molar-refractivity contribution in [3.63, 3.8) is 0 Å². The second kappa shape index (κ2) is 4.32. The van der Waals surface area contributed by atoms with E-state index >= 15 is 0 Å². The molecule has 2 aromatic heterocycles. The molecule has 0 aliphatic carbocycles. The Morgan fingerprint density at radius 2 is 2.57 bits per heavy atom. The molecule has 2 rings (SSSR count). The van der Waals surface area contributed by atoms with Gasteiger partial charge in [0.05, 0.1) is 29.6 Å². The number of rotatable bonds is 4. The van der Waals surface area contributed by atoms with Crippen molar-refractivity contribution in [1.82, 2.24) is 15.0 Å². The summed E-state index contributed by atoms with van der Waals surface area (Å²) in [6.07, 6.45) is 5.85. The lowest BCUT2D eigenvalue weighted by Gasteiger charge is -2.10. The first kappa shape index (κ1) is 9.32. The summed E-state index contributed by atoms with van der Waals surface area (Å²) in [5.74, 6) is 5.45. The molecule has 1 unspecified atom stereocenters. The van der Waals surface area contributed by atoms with E-state index in [9.17, 15) is 0 Å². The molecule has 0 bridgehead atoms. The van der Waals surface area contributed by atoms with Gasteiger partial charge in [0, 0.05) is 0 Å². The topological polar surface area (TPSA) is 77.0 Å². The SMILES string of the molecule is NNC(Cc1ccoc1)c1cnns1. The molecular formula is C8H10N4OS. The lowest BCUT2D eigenvalue weighted by Crippen LogP contribution is -2.28. The number of furan rings is 1. The highest BCUT2D eigenvalue weighted by Gasteiger charge is 2.13. The summed E-state index contributed by atoms with van der Waals surface area (Å²) in [6, 6.07) is 1.96. The van der Waals surface area contributed by atoms with Crippen LogP contribution in [0.4, 0.5) is 0 Å². The first-order valence-electron chi connectivity index (χ1n) is 4.14. The fourth-order valence-corrected chi connectivity index (χ4v) is 1.78. The zero-order valence-electron chi connectivity index (χ0n) is 7.38. The van der Waals surface area contributed by atoms with Crippen LogP contribution < -0.4 is 11.3 Å². The van der Waals surface area contributed by atoms with Crippen LogP contribution in [0.5, 0.6) is 0 Å². The molecule has 2 heterocycles. The Morgan fingerprint density at radius 3 is 3.14 bits per heavy atom. The number of nitrogens with zero attached hydrogens (tertiary/aromatic N) is 2. The van der Waals surface area contributed by atoms with Gasteiger partial charge in [-0.1, -0.05) is 4.49 Å². The van der Waals surface area contributed by atoms with Gasteiger partial charge in [-0.25, -0.2) is 0 Å². The molecule has 0 aliphatic rings. The average molecular weight is 210 g/mol. The van der Waals surface area contributed by atoms with Gasteiger partial charge in [0.1, 0.15) is 0 Å². The van der Waals surface area contributed by atoms with E-state index in [1.165, 1.54) is 11.5 Å². The average Bonchev–Trinajstić information content (AvgIpc) is 2.86. The maximum absolute atomic E-state index is 5.45. The maximum atomic E-state index is 5.45. The fourth-order valence-electron chi connectivity index (χ4n) is 1.21. The van der Waals surface area contributed by atoms with Crippen molar-refractivity contribution in [2.24, 2.45) is 5.84 Å². The molecule has 0 saturated heterocycles. The van der Waals surface area contributed by atoms with Gasteiger partial charge in [0.25, 0.3) is 0 Å². The Balaban J connectivity index is 2.08. The summed E-state index contributed by atoms with van der Waals surface area (Å²) in [7, 11) is 0. The summed E-state index contributed by atoms with van der Waals surface area (Å²) in [4.78, 5) is 1.02. The lowest BCUT2D eigenvalue weighted by molar-refractivity contribution is 0.540. The van der Waals surface area contributed by atoms with Gasteiger partial charge in [0.2, 0.25) is 0 Å². The summed E-state index contributed by atoms with van der Waals surface area (Å²) in [6.45, 7) is 0. The minimum Gasteiger partial charge on any atom is -0.472 e. The molecule has 0 aliphatic heterocycles. The van der Waals surface area contributed by atoms with Crippen LogP contribution >= 0.6 is 11.5 Å². The third-order valence-electron chi connectivity index (χ3n) is 1.94. The molecule has 0 amide bonds. The van der Waals surface area contributed by atoms with Crippen molar-refractivity contribution in [2.45, 2.75) is 12.5 Å². The maximum Gasteiger partial charge on any atom is 0.0935 e. The first-order chi connectivity index (χ1) is 6.90. The highest BCUT2D eigenvalue weighted by atomic mass is 32.1. The second-order valence-corrected chi connectivity index (χ2v) is 3.69. The molecule has 14 heavy (non-hydrogen) atoms. The molecule has 0 fully saturated rings. The Hall–Kier alpha value is -1.24. The first-order valence-corrected chi connectivity index (χ1v) is 4.92. The van der Waals surface area contributed by atoms with Crippen LogP contribution in [0.25, 0.3) is 0 Å². The van der Waals surface area contributed by atoms with Crippen LogP contribution in [0.15, 0.2) is 29.2 Å². The number of aromatic nitrogens is 2. The standard InChI is InChI=1S/C8H10N4OS/c9-11-7(8-4-10-12-14-8)3-6-1-2-13-5-6/h1-2,4-5,7,11H,3,9H2. The van der Waals surface area contributed by atoms with Gasteiger partial charge in [0.15, 0.2) is 0 Å². The van der Waals surface area contributed by atoms with Gasteiger partial charge in [-0.05, 0) is 29.6 Å². The smallest absolute Gasteiger partial charge is 0.0935 e. The van der Waals surface area contributed by atoms with Gasteiger partial charge < -0.3 is 4.42 Å². The minimum atomic E-state index is 0.0487.